The molecular weight excluding hydrogens is 258 g/mol. The van der Waals surface area contributed by atoms with Crippen LogP contribution in [-0.4, -0.2) is 55.0 Å². The second kappa shape index (κ2) is 5.09. The Kier molecular flexibility index (Phi) is 3.69. The van der Waals surface area contributed by atoms with Crippen LogP contribution in [0.4, 0.5) is 0 Å². The Bertz CT molecular complexity index is 529. The number of carboxylic acid groups (broad SMARTS) is 1. The highest BCUT2D eigenvalue weighted by molar-refractivity contribution is 7.89. The maximum atomic E-state index is 12.3. The number of carboxylic acids is 1. The molecule has 0 saturated carbocycles. The lowest BCUT2D eigenvalue weighted by Gasteiger charge is -2.18. The van der Waals surface area contributed by atoms with E-state index in [9.17, 15) is 13.2 Å². The van der Waals surface area contributed by atoms with Crippen molar-refractivity contribution in [1.82, 2.24) is 14.6 Å². The fourth-order valence-corrected chi connectivity index (χ4v) is 3.33. The van der Waals surface area contributed by atoms with Crippen LogP contribution in [0.25, 0.3) is 0 Å². The second-order valence-corrected chi connectivity index (χ2v) is 6.00. The standard InChI is InChI=1S/C10H15N3O4S/c14-10(15)9-6-8(7-12-9)18(16,17)13-4-1-2-11-3-5-13/h6-7,11-12H,1-5H2,(H,14,15). The van der Waals surface area contributed by atoms with Crippen molar-refractivity contribution in [3.63, 3.8) is 0 Å². The summed E-state index contributed by atoms with van der Waals surface area (Å²) in [5.41, 5.74) is -0.124. The van der Waals surface area contributed by atoms with Gasteiger partial charge in [0, 0.05) is 25.8 Å². The quantitative estimate of drug-likeness (QED) is 0.701. The number of rotatable bonds is 3. The Morgan fingerprint density at radius 2 is 2.11 bits per heavy atom. The Morgan fingerprint density at radius 1 is 1.33 bits per heavy atom. The summed E-state index contributed by atoms with van der Waals surface area (Å²) in [6, 6.07) is 1.15. The lowest BCUT2D eigenvalue weighted by molar-refractivity contribution is 0.0691. The van der Waals surface area contributed by atoms with Gasteiger partial charge in [-0.2, -0.15) is 4.31 Å². The maximum absolute atomic E-state index is 12.3. The van der Waals surface area contributed by atoms with Gasteiger partial charge >= 0.3 is 5.97 Å². The van der Waals surface area contributed by atoms with E-state index in [0.717, 1.165) is 19.0 Å². The third kappa shape index (κ3) is 2.55. The van der Waals surface area contributed by atoms with Gasteiger partial charge in [-0.25, -0.2) is 13.2 Å². The summed E-state index contributed by atoms with van der Waals surface area (Å²) in [6.07, 6.45) is 1.96. The first-order valence-electron chi connectivity index (χ1n) is 5.64. The number of hydrogen-bond acceptors (Lipinski definition) is 4. The fraction of sp³-hybridized carbons (Fsp3) is 0.500. The summed E-state index contributed by atoms with van der Waals surface area (Å²) >= 11 is 0. The van der Waals surface area contributed by atoms with Crippen molar-refractivity contribution in [2.75, 3.05) is 26.2 Å². The summed E-state index contributed by atoms with van der Waals surface area (Å²) in [4.78, 5) is 13.2. The predicted molar refractivity (Wildman–Crippen MR) is 64.0 cm³/mol. The Morgan fingerprint density at radius 3 is 2.78 bits per heavy atom. The minimum atomic E-state index is -3.60. The maximum Gasteiger partial charge on any atom is 0.352 e. The molecule has 0 spiro atoms. The van der Waals surface area contributed by atoms with Crippen molar-refractivity contribution < 1.29 is 18.3 Å². The molecule has 1 fully saturated rings. The number of nitrogens with zero attached hydrogens (tertiary/aromatic N) is 1. The van der Waals surface area contributed by atoms with Gasteiger partial charge in [-0.15, -0.1) is 0 Å². The fourth-order valence-electron chi connectivity index (χ4n) is 1.86. The van der Waals surface area contributed by atoms with E-state index in [1.165, 1.54) is 10.5 Å². The molecule has 1 aliphatic rings. The number of aromatic nitrogens is 1. The number of hydrogen-bond donors (Lipinski definition) is 3. The molecular formula is C10H15N3O4S. The van der Waals surface area contributed by atoms with Crippen LogP contribution in [0.3, 0.4) is 0 Å². The normalized spacial score (nSPS) is 18.4. The van der Waals surface area contributed by atoms with Gasteiger partial charge in [-0.3, -0.25) is 0 Å². The molecule has 1 aliphatic heterocycles. The summed E-state index contributed by atoms with van der Waals surface area (Å²) in [5.74, 6) is -1.17. The van der Waals surface area contributed by atoms with Crippen molar-refractivity contribution in [2.45, 2.75) is 11.3 Å². The zero-order valence-corrected chi connectivity index (χ0v) is 10.5. The van der Waals surface area contributed by atoms with Gasteiger partial charge in [0.2, 0.25) is 10.0 Å². The summed E-state index contributed by atoms with van der Waals surface area (Å²) in [7, 11) is -3.60. The number of nitrogens with one attached hydrogen (secondary N) is 2. The van der Waals surface area contributed by atoms with Crippen molar-refractivity contribution in [3.8, 4) is 0 Å². The molecule has 18 heavy (non-hydrogen) atoms. The van der Waals surface area contributed by atoms with E-state index in [4.69, 9.17) is 5.11 Å². The van der Waals surface area contributed by atoms with Gasteiger partial charge in [0.05, 0.1) is 0 Å². The third-order valence-corrected chi connectivity index (χ3v) is 4.70. The molecule has 1 aromatic rings. The smallest absolute Gasteiger partial charge is 0.352 e. The third-order valence-electron chi connectivity index (χ3n) is 2.82. The van der Waals surface area contributed by atoms with Crippen molar-refractivity contribution in [2.24, 2.45) is 0 Å². The van der Waals surface area contributed by atoms with E-state index in [-0.39, 0.29) is 10.6 Å². The van der Waals surface area contributed by atoms with E-state index >= 15 is 0 Å². The van der Waals surface area contributed by atoms with Gasteiger partial charge in [0.15, 0.2) is 0 Å². The van der Waals surface area contributed by atoms with Crippen molar-refractivity contribution in [1.29, 1.82) is 0 Å². The van der Waals surface area contributed by atoms with Gasteiger partial charge < -0.3 is 15.4 Å². The number of aromatic carboxylic acids is 1. The molecule has 1 saturated heterocycles. The molecule has 3 N–H and O–H groups in total. The Hall–Kier alpha value is -1.38. The van der Waals surface area contributed by atoms with Gasteiger partial charge in [0.1, 0.15) is 10.6 Å². The summed E-state index contributed by atoms with van der Waals surface area (Å²) < 4.78 is 25.9. The zero-order chi connectivity index (χ0) is 13.2. The molecule has 2 rings (SSSR count). The molecule has 7 nitrogen and oxygen atoms in total. The molecule has 0 bridgehead atoms. The van der Waals surface area contributed by atoms with E-state index < -0.39 is 16.0 Å². The van der Waals surface area contributed by atoms with Crippen LogP contribution in [0.15, 0.2) is 17.2 Å². The van der Waals surface area contributed by atoms with Crippen LogP contribution < -0.4 is 5.32 Å². The topological polar surface area (TPSA) is 102 Å². The largest absolute Gasteiger partial charge is 0.477 e. The SMILES string of the molecule is O=C(O)c1cc(S(=O)(=O)N2CCCNCC2)c[nH]1. The molecule has 100 valence electrons. The molecule has 0 atom stereocenters. The Labute approximate surface area is 105 Å². The highest BCUT2D eigenvalue weighted by atomic mass is 32.2. The average Bonchev–Trinajstić information content (AvgIpc) is 2.66. The van der Waals surface area contributed by atoms with Crippen LogP contribution in [-0.2, 0) is 10.0 Å². The lowest BCUT2D eigenvalue weighted by Crippen LogP contribution is -2.34. The van der Waals surface area contributed by atoms with Crippen LogP contribution in [0, 0.1) is 0 Å². The lowest BCUT2D eigenvalue weighted by atomic mass is 10.4. The van der Waals surface area contributed by atoms with E-state index in [1.54, 1.807) is 0 Å². The summed E-state index contributed by atoms with van der Waals surface area (Å²) in [5, 5.41) is 11.9. The molecule has 1 aromatic heterocycles. The average molecular weight is 273 g/mol. The molecule has 0 amide bonds. The van der Waals surface area contributed by atoms with Gasteiger partial charge in [-0.05, 0) is 19.0 Å². The first-order valence-corrected chi connectivity index (χ1v) is 7.08. The highest BCUT2D eigenvalue weighted by Gasteiger charge is 2.26. The van der Waals surface area contributed by atoms with Crippen molar-refractivity contribution >= 4 is 16.0 Å². The van der Waals surface area contributed by atoms with Gasteiger partial charge in [-0.1, -0.05) is 0 Å². The molecule has 0 radical (unpaired) electrons. The number of sulfonamides is 1. The molecule has 8 heteroatoms. The van der Waals surface area contributed by atoms with Crippen LogP contribution in [0.2, 0.25) is 0 Å². The minimum absolute atomic E-state index is 0.00167. The first kappa shape index (κ1) is 13.1. The molecule has 0 aliphatic carbocycles. The van der Waals surface area contributed by atoms with Crippen LogP contribution in [0.5, 0.6) is 0 Å². The van der Waals surface area contributed by atoms with E-state index in [2.05, 4.69) is 10.3 Å². The minimum Gasteiger partial charge on any atom is -0.477 e. The number of H-pyrrole nitrogens is 1. The number of aromatic amines is 1. The predicted octanol–water partition coefficient (Wildman–Crippen LogP) is -0.303. The summed E-state index contributed by atoms with van der Waals surface area (Å²) in [6.45, 7) is 2.24. The monoisotopic (exact) mass is 273 g/mol. The van der Waals surface area contributed by atoms with Crippen LogP contribution >= 0.6 is 0 Å². The highest BCUT2D eigenvalue weighted by Crippen LogP contribution is 2.17. The van der Waals surface area contributed by atoms with Crippen LogP contribution in [0.1, 0.15) is 16.9 Å². The molecule has 0 unspecified atom stereocenters. The van der Waals surface area contributed by atoms with Crippen molar-refractivity contribution in [3.05, 3.63) is 18.0 Å². The van der Waals surface area contributed by atoms with E-state index in [1.807, 2.05) is 0 Å². The van der Waals surface area contributed by atoms with Gasteiger partial charge in [0.25, 0.3) is 0 Å². The molecule has 2 heterocycles. The Balaban J connectivity index is 2.25. The van der Waals surface area contributed by atoms with E-state index in [0.29, 0.717) is 19.6 Å². The first-order chi connectivity index (χ1) is 8.51. The second-order valence-electron chi connectivity index (χ2n) is 4.06. The number of carbonyl (C=O) groups is 1. The molecule has 0 aromatic carbocycles. The zero-order valence-electron chi connectivity index (χ0n) is 9.72.